The number of piperidine rings is 1. The van der Waals surface area contributed by atoms with Crippen LogP contribution in [-0.4, -0.2) is 25.7 Å². The summed E-state index contributed by atoms with van der Waals surface area (Å²) in [6.45, 7) is 6.90. The summed E-state index contributed by atoms with van der Waals surface area (Å²) in [5, 5.41) is 6.64. The SMILES string of the molecule is [CH2]CN[C@@H]1CCCNC1. The molecule has 0 spiro atoms. The van der Waals surface area contributed by atoms with E-state index in [0.29, 0.717) is 6.04 Å². The van der Waals surface area contributed by atoms with Crippen LogP contribution in [0.3, 0.4) is 0 Å². The summed E-state index contributed by atoms with van der Waals surface area (Å²) >= 11 is 0. The second-order valence-electron chi connectivity index (χ2n) is 2.50. The maximum atomic E-state index is 3.74. The zero-order valence-corrected chi connectivity index (χ0v) is 5.82. The molecular formula is C7H15N2. The molecule has 1 radical (unpaired) electrons. The molecule has 2 heteroatoms. The first kappa shape index (κ1) is 7.03. The molecule has 1 saturated heterocycles. The summed E-state index contributed by atoms with van der Waals surface area (Å²) in [7, 11) is 0. The van der Waals surface area contributed by atoms with E-state index in [1.165, 1.54) is 19.4 Å². The van der Waals surface area contributed by atoms with Crippen LogP contribution in [0.4, 0.5) is 0 Å². The monoisotopic (exact) mass is 127 g/mol. The molecule has 1 aliphatic heterocycles. The molecule has 1 heterocycles. The Hall–Kier alpha value is -0.0800. The first-order chi connectivity index (χ1) is 4.43. The summed E-state index contributed by atoms with van der Waals surface area (Å²) < 4.78 is 0. The van der Waals surface area contributed by atoms with Crippen molar-refractivity contribution in [3.8, 4) is 0 Å². The van der Waals surface area contributed by atoms with Crippen LogP contribution in [0.5, 0.6) is 0 Å². The maximum absolute atomic E-state index is 3.74. The Kier molecular flexibility index (Phi) is 3.01. The molecule has 1 rings (SSSR count). The minimum Gasteiger partial charge on any atom is -0.315 e. The number of hydrogen-bond donors (Lipinski definition) is 2. The largest absolute Gasteiger partial charge is 0.315 e. The lowest BCUT2D eigenvalue weighted by molar-refractivity contribution is 0.402. The third-order valence-corrected chi connectivity index (χ3v) is 1.73. The molecule has 53 valence electrons. The number of rotatable bonds is 2. The van der Waals surface area contributed by atoms with Gasteiger partial charge in [-0.25, -0.2) is 0 Å². The van der Waals surface area contributed by atoms with Crippen LogP contribution in [0, 0.1) is 6.92 Å². The van der Waals surface area contributed by atoms with E-state index in [2.05, 4.69) is 17.6 Å². The summed E-state index contributed by atoms with van der Waals surface area (Å²) in [5.74, 6) is 0. The first-order valence-corrected chi connectivity index (χ1v) is 3.67. The predicted octanol–water partition coefficient (Wildman–Crippen LogP) is 0.162. The highest BCUT2D eigenvalue weighted by atomic mass is 15.0. The van der Waals surface area contributed by atoms with E-state index in [-0.39, 0.29) is 0 Å². The van der Waals surface area contributed by atoms with Crippen LogP contribution in [0.15, 0.2) is 0 Å². The molecule has 2 N–H and O–H groups in total. The zero-order valence-electron chi connectivity index (χ0n) is 5.82. The molecule has 0 aliphatic carbocycles. The van der Waals surface area contributed by atoms with Gasteiger partial charge in [-0.15, -0.1) is 0 Å². The molecule has 2 nitrogen and oxygen atoms in total. The van der Waals surface area contributed by atoms with Crippen molar-refractivity contribution in [3.63, 3.8) is 0 Å². The Morgan fingerprint density at radius 1 is 1.67 bits per heavy atom. The lowest BCUT2D eigenvalue weighted by Gasteiger charge is -2.22. The fraction of sp³-hybridized carbons (Fsp3) is 0.857. The smallest absolute Gasteiger partial charge is 0.0192 e. The van der Waals surface area contributed by atoms with Gasteiger partial charge < -0.3 is 10.6 Å². The molecule has 1 fully saturated rings. The molecule has 0 bridgehead atoms. The van der Waals surface area contributed by atoms with E-state index in [4.69, 9.17) is 0 Å². The van der Waals surface area contributed by atoms with Crippen molar-refractivity contribution in [1.82, 2.24) is 10.6 Å². The zero-order chi connectivity index (χ0) is 6.53. The quantitative estimate of drug-likeness (QED) is 0.552. The van der Waals surface area contributed by atoms with Crippen LogP contribution >= 0.6 is 0 Å². The van der Waals surface area contributed by atoms with E-state index in [1.807, 2.05) is 0 Å². The highest BCUT2D eigenvalue weighted by molar-refractivity contribution is 4.74. The predicted molar refractivity (Wildman–Crippen MR) is 39.3 cm³/mol. The van der Waals surface area contributed by atoms with Crippen molar-refractivity contribution in [1.29, 1.82) is 0 Å². The summed E-state index contributed by atoms with van der Waals surface area (Å²) in [4.78, 5) is 0. The fourth-order valence-corrected chi connectivity index (χ4v) is 1.23. The van der Waals surface area contributed by atoms with E-state index in [9.17, 15) is 0 Å². The third-order valence-electron chi connectivity index (χ3n) is 1.73. The number of nitrogens with one attached hydrogen (secondary N) is 2. The highest BCUT2D eigenvalue weighted by Crippen LogP contribution is 1.99. The number of hydrogen-bond acceptors (Lipinski definition) is 2. The first-order valence-electron chi connectivity index (χ1n) is 3.67. The fourth-order valence-electron chi connectivity index (χ4n) is 1.23. The van der Waals surface area contributed by atoms with Crippen LogP contribution < -0.4 is 10.6 Å². The van der Waals surface area contributed by atoms with Crippen molar-refractivity contribution in [3.05, 3.63) is 6.92 Å². The topological polar surface area (TPSA) is 24.1 Å². The van der Waals surface area contributed by atoms with Gasteiger partial charge in [0.15, 0.2) is 0 Å². The van der Waals surface area contributed by atoms with Gasteiger partial charge >= 0.3 is 0 Å². The lowest BCUT2D eigenvalue weighted by Crippen LogP contribution is -2.42. The molecule has 1 atom stereocenters. The molecule has 0 saturated carbocycles. The molecule has 0 aromatic carbocycles. The van der Waals surface area contributed by atoms with Crippen LogP contribution in [0.1, 0.15) is 12.8 Å². The molecule has 0 amide bonds. The summed E-state index contributed by atoms with van der Waals surface area (Å²) in [5.41, 5.74) is 0. The average molecular weight is 127 g/mol. The molecule has 1 aliphatic rings. The van der Waals surface area contributed by atoms with Gasteiger partial charge in [-0.05, 0) is 32.9 Å². The summed E-state index contributed by atoms with van der Waals surface area (Å²) in [6, 6.07) is 0.677. The van der Waals surface area contributed by atoms with Crippen LogP contribution in [0.2, 0.25) is 0 Å². The second kappa shape index (κ2) is 3.85. The molecule has 0 unspecified atom stereocenters. The van der Waals surface area contributed by atoms with Crippen molar-refractivity contribution in [2.24, 2.45) is 0 Å². The van der Waals surface area contributed by atoms with Gasteiger partial charge in [0.1, 0.15) is 0 Å². The maximum Gasteiger partial charge on any atom is 0.0192 e. The molecule has 9 heavy (non-hydrogen) atoms. The van der Waals surface area contributed by atoms with Gasteiger partial charge in [0.2, 0.25) is 0 Å². The van der Waals surface area contributed by atoms with Crippen molar-refractivity contribution in [2.45, 2.75) is 18.9 Å². The Labute approximate surface area is 57.0 Å². The van der Waals surface area contributed by atoms with E-state index in [1.54, 1.807) is 0 Å². The Balaban J connectivity index is 2.08. The van der Waals surface area contributed by atoms with Gasteiger partial charge in [-0.2, -0.15) is 0 Å². The lowest BCUT2D eigenvalue weighted by atomic mass is 10.1. The molecular weight excluding hydrogens is 112 g/mol. The van der Waals surface area contributed by atoms with Crippen LogP contribution in [-0.2, 0) is 0 Å². The average Bonchev–Trinajstić information content (AvgIpc) is 1.91. The molecule has 0 aromatic heterocycles. The Bertz CT molecular complexity index is 64.6. The standard InChI is InChI=1S/C7H15N2/c1-2-9-7-4-3-5-8-6-7/h7-9H,1-6H2/t7-/m1/s1. The second-order valence-corrected chi connectivity index (χ2v) is 2.50. The van der Waals surface area contributed by atoms with E-state index in [0.717, 1.165) is 13.1 Å². The van der Waals surface area contributed by atoms with Gasteiger partial charge in [0.25, 0.3) is 0 Å². The van der Waals surface area contributed by atoms with Crippen LogP contribution in [0.25, 0.3) is 0 Å². The Morgan fingerprint density at radius 3 is 3.11 bits per heavy atom. The van der Waals surface area contributed by atoms with Gasteiger partial charge in [-0.1, -0.05) is 0 Å². The van der Waals surface area contributed by atoms with Gasteiger partial charge in [0.05, 0.1) is 0 Å². The van der Waals surface area contributed by atoms with Crippen molar-refractivity contribution >= 4 is 0 Å². The van der Waals surface area contributed by atoms with E-state index >= 15 is 0 Å². The minimum atomic E-state index is 0.677. The Morgan fingerprint density at radius 2 is 2.56 bits per heavy atom. The third kappa shape index (κ3) is 2.33. The van der Waals surface area contributed by atoms with Gasteiger partial charge in [-0.3, -0.25) is 0 Å². The summed E-state index contributed by atoms with van der Waals surface area (Å²) in [6.07, 6.45) is 2.61. The van der Waals surface area contributed by atoms with Gasteiger partial charge in [0, 0.05) is 12.6 Å². The van der Waals surface area contributed by atoms with Crippen molar-refractivity contribution in [2.75, 3.05) is 19.6 Å². The molecule has 0 aromatic rings. The van der Waals surface area contributed by atoms with E-state index < -0.39 is 0 Å². The highest BCUT2D eigenvalue weighted by Gasteiger charge is 2.09. The normalized spacial score (nSPS) is 28.3. The van der Waals surface area contributed by atoms with Crippen molar-refractivity contribution < 1.29 is 0 Å². The minimum absolute atomic E-state index is 0.677.